The van der Waals surface area contributed by atoms with Gasteiger partial charge in [-0.3, -0.25) is 4.79 Å². The maximum atomic E-state index is 12.1. The van der Waals surface area contributed by atoms with Gasteiger partial charge in [-0.05, 0) is 24.5 Å². The number of aliphatic imine (C=N–C) groups is 2. The third-order valence-electron chi connectivity index (χ3n) is 3.40. The molecule has 0 saturated heterocycles. The van der Waals surface area contributed by atoms with Crippen LogP contribution in [0.1, 0.15) is 24.0 Å². The van der Waals surface area contributed by atoms with Crippen LogP contribution in [0.4, 0.5) is 0 Å². The zero-order valence-electron chi connectivity index (χ0n) is 14.8. The number of hydrogen-bond donors (Lipinski definition) is 3. The molecule has 0 radical (unpaired) electrons. The van der Waals surface area contributed by atoms with E-state index in [1.54, 1.807) is 31.2 Å². The molecule has 8 heteroatoms. The average Bonchev–Trinajstić information content (AvgIpc) is 2.68. The molecule has 1 rings (SSSR count). The minimum atomic E-state index is -1.10. The molecule has 1 aromatic rings. The summed E-state index contributed by atoms with van der Waals surface area (Å²) < 4.78 is 9.97. The van der Waals surface area contributed by atoms with Crippen LogP contribution < -0.4 is 5.73 Å². The van der Waals surface area contributed by atoms with Gasteiger partial charge in [-0.1, -0.05) is 18.2 Å². The highest BCUT2D eigenvalue weighted by atomic mass is 16.5. The van der Waals surface area contributed by atoms with Crippen molar-refractivity contribution in [3.63, 3.8) is 0 Å². The van der Waals surface area contributed by atoms with Gasteiger partial charge in [-0.25, -0.2) is 4.99 Å². The first kappa shape index (κ1) is 21.3. The maximum Gasteiger partial charge on any atom is 0.313 e. The van der Waals surface area contributed by atoms with Crippen molar-refractivity contribution in [3.8, 4) is 12.3 Å². The number of esters is 1. The fourth-order valence-electron chi connectivity index (χ4n) is 1.95. The number of nitrogens with two attached hydrogens (primary N) is 1. The topological polar surface area (TPSA) is 127 Å². The van der Waals surface area contributed by atoms with Crippen molar-refractivity contribution < 1.29 is 24.5 Å². The van der Waals surface area contributed by atoms with Crippen molar-refractivity contribution in [1.29, 1.82) is 0 Å². The van der Waals surface area contributed by atoms with Crippen molar-refractivity contribution >= 4 is 17.7 Å². The number of ether oxygens (including phenoxy) is 2. The molecule has 0 aliphatic carbocycles. The number of amidine groups is 1. The van der Waals surface area contributed by atoms with Crippen LogP contribution in [0.2, 0.25) is 0 Å². The van der Waals surface area contributed by atoms with E-state index in [1.165, 1.54) is 7.11 Å². The first-order valence-corrected chi connectivity index (χ1v) is 7.86. The molecule has 0 saturated carbocycles. The molecule has 0 aliphatic heterocycles. The van der Waals surface area contributed by atoms with E-state index in [0.29, 0.717) is 11.1 Å². The number of aliphatic hydroxyl groups excluding tert-OH is 2. The van der Waals surface area contributed by atoms with E-state index in [1.807, 2.05) is 0 Å². The summed E-state index contributed by atoms with van der Waals surface area (Å²) in [7, 11) is 1.40. The zero-order valence-corrected chi connectivity index (χ0v) is 14.8. The lowest BCUT2D eigenvalue weighted by Gasteiger charge is -2.14. The minimum absolute atomic E-state index is 0.00707. The summed E-state index contributed by atoms with van der Waals surface area (Å²) in [5.74, 6) is 1.33. The summed E-state index contributed by atoms with van der Waals surface area (Å²) in [5.41, 5.74) is 6.87. The van der Waals surface area contributed by atoms with Crippen molar-refractivity contribution in [1.82, 2.24) is 0 Å². The quantitative estimate of drug-likeness (QED) is 0.272. The Morgan fingerprint density at radius 1 is 1.46 bits per heavy atom. The van der Waals surface area contributed by atoms with Gasteiger partial charge in [0.2, 0.25) is 0 Å². The molecule has 0 spiro atoms. The second kappa shape index (κ2) is 11.0. The van der Waals surface area contributed by atoms with Crippen molar-refractivity contribution in [2.75, 3.05) is 27.0 Å². The van der Waals surface area contributed by atoms with Crippen molar-refractivity contribution in [2.24, 2.45) is 15.7 Å². The molecule has 2 unspecified atom stereocenters. The molecular weight excluding hydrogens is 338 g/mol. The highest BCUT2D eigenvalue weighted by Gasteiger charge is 2.19. The number of nitrogens with zero attached hydrogens (tertiary/aromatic N) is 2. The average molecular weight is 361 g/mol. The first-order valence-electron chi connectivity index (χ1n) is 7.86. The molecule has 4 N–H and O–H groups in total. The van der Waals surface area contributed by atoms with Crippen LogP contribution in [0.15, 0.2) is 34.3 Å². The van der Waals surface area contributed by atoms with Crippen molar-refractivity contribution in [3.05, 3.63) is 35.4 Å². The highest BCUT2D eigenvalue weighted by Crippen LogP contribution is 2.19. The van der Waals surface area contributed by atoms with Crippen LogP contribution in [0.3, 0.4) is 0 Å². The molecule has 26 heavy (non-hydrogen) atoms. The highest BCUT2D eigenvalue weighted by molar-refractivity contribution is 6.16. The Kier molecular flexibility index (Phi) is 9.01. The second-order valence-corrected chi connectivity index (χ2v) is 5.25. The molecule has 0 aromatic heterocycles. The van der Waals surface area contributed by atoms with E-state index in [9.17, 15) is 9.90 Å². The van der Waals surface area contributed by atoms with E-state index in [0.717, 1.165) is 0 Å². The number of carbonyl (C=O) groups excluding carboxylic acids is 1. The van der Waals surface area contributed by atoms with Gasteiger partial charge in [-0.15, -0.1) is 6.42 Å². The van der Waals surface area contributed by atoms with Gasteiger partial charge in [0.25, 0.3) is 0 Å². The predicted octanol–water partition coefficient (Wildman–Crippen LogP) is 0.0274. The Morgan fingerprint density at radius 3 is 2.77 bits per heavy atom. The lowest BCUT2D eigenvalue weighted by Crippen LogP contribution is -2.24. The van der Waals surface area contributed by atoms with E-state index >= 15 is 0 Å². The number of benzene rings is 1. The van der Waals surface area contributed by atoms with E-state index in [-0.39, 0.29) is 25.0 Å². The summed E-state index contributed by atoms with van der Waals surface area (Å²) in [5, 5.41) is 18.0. The Balaban J connectivity index is 3.02. The van der Waals surface area contributed by atoms with Crippen LogP contribution in [0.5, 0.6) is 0 Å². The molecule has 0 heterocycles. The number of rotatable bonds is 7. The summed E-state index contributed by atoms with van der Waals surface area (Å²) >= 11 is 0. The van der Waals surface area contributed by atoms with E-state index in [2.05, 4.69) is 15.9 Å². The minimum Gasteiger partial charge on any atom is -0.467 e. The van der Waals surface area contributed by atoms with Gasteiger partial charge < -0.3 is 25.4 Å². The summed E-state index contributed by atoms with van der Waals surface area (Å²) in [4.78, 5) is 20.1. The molecule has 140 valence electrons. The van der Waals surface area contributed by atoms with Gasteiger partial charge >= 0.3 is 12.0 Å². The summed E-state index contributed by atoms with van der Waals surface area (Å²) in [6.45, 7) is 0.914. The molecule has 0 amide bonds. The first-order chi connectivity index (χ1) is 12.5. The van der Waals surface area contributed by atoms with Crippen molar-refractivity contribution in [2.45, 2.75) is 18.9 Å². The maximum absolute atomic E-state index is 12.1. The zero-order chi connectivity index (χ0) is 19.5. The molecule has 0 bridgehead atoms. The Bertz CT molecular complexity index is 709. The van der Waals surface area contributed by atoms with Crippen LogP contribution in [-0.2, 0) is 14.3 Å². The lowest BCUT2D eigenvalue weighted by atomic mass is 9.97. The third-order valence-corrected chi connectivity index (χ3v) is 3.40. The van der Waals surface area contributed by atoms with E-state index < -0.39 is 24.6 Å². The summed E-state index contributed by atoms with van der Waals surface area (Å²) in [6.07, 6.45) is 4.42. The fraction of sp³-hybridized carbons (Fsp3) is 0.389. The molecule has 1 aromatic carbocycles. The number of aliphatic hydroxyl groups is 2. The smallest absolute Gasteiger partial charge is 0.313 e. The monoisotopic (exact) mass is 361 g/mol. The van der Waals surface area contributed by atoms with Crippen LogP contribution in [0, 0.1) is 12.3 Å². The fourth-order valence-corrected chi connectivity index (χ4v) is 1.95. The second-order valence-electron chi connectivity index (χ2n) is 5.25. The Morgan fingerprint density at radius 2 is 2.19 bits per heavy atom. The third kappa shape index (κ3) is 6.29. The SMILES string of the molecule is C#C/C(=N\C(=N/CN)OC)c1cccc(C(C)C(=O)OCC(O)CO)c1. The standard InChI is InChI=1S/C18H23N3O5/c1-4-16(21-18(25-3)20-11-19)14-7-5-6-13(8-14)12(2)17(24)26-10-15(23)9-22/h1,5-8,12,15,22-23H,9-11,19H2,2-3H3/b20-18+,21-16+. The number of methoxy groups -OCH3 is 1. The predicted molar refractivity (Wildman–Crippen MR) is 97.8 cm³/mol. The van der Waals surface area contributed by atoms with Crippen LogP contribution >= 0.6 is 0 Å². The Labute approximate surface area is 152 Å². The number of hydrogen-bond acceptors (Lipinski definition) is 7. The largest absolute Gasteiger partial charge is 0.467 e. The van der Waals surface area contributed by atoms with Crippen LogP contribution in [-0.4, -0.2) is 61.0 Å². The number of carbonyl (C=O) groups is 1. The molecule has 0 aliphatic rings. The Hall–Kier alpha value is -2.73. The molecular formula is C18H23N3O5. The van der Waals surface area contributed by atoms with Gasteiger partial charge in [0.15, 0.2) is 0 Å². The van der Waals surface area contributed by atoms with Crippen LogP contribution in [0.25, 0.3) is 0 Å². The van der Waals surface area contributed by atoms with Gasteiger partial charge in [0.05, 0.1) is 26.3 Å². The normalized spacial score (nSPS) is 14.3. The van der Waals surface area contributed by atoms with Gasteiger partial charge in [0, 0.05) is 5.56 Å². The molecule has 0 fully saturated rings. The summed E-state index contributed by atoms with van der Waals surface area (Å²) in [6, 6.07) is 6.98. The molecule has 8 nitrogen and oxygen atoms in total. The lowest BCUT2D eigenvalue weighted by molar-refractivity contribution is -0.148. The van der Waals surface area contributed by atoms with Gasteiger partial charge in [-0.2, -0.15) is 4.99 Å². The van der Waals surface area contributed by atoms with E-state index in [4.69, 9.17) is 26.7 Å². The molecule has 2 atom stereocenters. The number of terminal acetylenes is 1. The van der Waals surface area contributed by atoms with Gasteiger partial charge in [0.1, 0.15) is 18.4 Å².